The summed E-state index contributed by atoms with van der Waals surface area (Å²) in [4.78, 5) is 9.98. The van der Waals surface area contributed by atoms with Gasteiger partial charge in [-0.3, -0.25) is 10.1 Å². The Morgan fingerprint density at radius 3 is 2.88 bits per heavy atom. The van der Waals surface area contributed by atoms with E-state index in [0.29, 0.717) is 11.7 Å². The van der Waals surface area contributed by atoms with Crippen molar-refractivity contribution in [1.82, 2.24) is 5.32 Å². The third kappa shape index (κ3) is 3.06. The summed E-state index contributed by atoms with van der Waals surface area (Å²) in [6.45, 7) is 2.49. The van der Waals surface area contributed by atoms with Crippen molar-refractivity contribution in [2.45, 2.75) is 6.92 Å². The smallest absolute Gasteiger partial charge is 0.271 e. The van der Waals surface area contributed by atoms with Crippen molar-refractivity contribution < 1.29 is 10.0 Å². The number of hydrogen-bond acceptors (Lipinski definition) is 4. The molecule has 0 aliphatic rings. The number of phenolic OH excluding ortho intramolecular Hbond substituents is 1. The number of nitrogens with zero attached hydrogens (tertiary/aromatic N) is 1. The Hall–Kier alpha value is -1.89. The highest BCUT2D eigenvalue weighted by molar-refractivity contribution is 7.80. The van der Waals surface area contributed by atoms with Gasteiger partial charge in [-0.05, 0) is 25.2 Å². The molecule has 6 nitrogen and oxygen atoms in total. The summed E-state index contributed by atoms with van der Waals surface area (Å²) in [7, 11) is 0. The summed E-state index contributed by atoms with van der Waals surface area (Å²) >= 11 is 4.90. The lowest BCUT2D eigenvalue weighted by Gasteiger charge is -2.09. The van der Waals surface area contributed by atoms with Crippen LogP contribution < -0.4 is 10.6 Å². The van der Waals surface area contributed by atoms with Crippen LogP contribution in [0.3, 0.4) is 0 Å². The Kier molecular flexibility index (Phi) is 4.01. The molecule has 0 spiro atoms. The second-order valence-corrected chi connectivity index (χ2v) is 3.35. The SMILES string of the molecule is CCNC(=S)Nc1cc([N+](=O)[O-])ccc1O. The molecule has 0 heterocycles. The normalized spacial score (nSPS) is 9.56. The molecule has 0 aliphatic carbocycles. The maximum atomic E-state index is 10.5. The van der Waals surface area contributed by atoms with Gasteiger partial charge in [-0.2, -0.15) is 0 Å². The standard InChI is InChI=1S/C9H11N3O3S/c1-2-10-9(16)11-7-5-6(12(14)15)3-4-8(7)13/h3-5,13H,2H2,1H3,(H2,10,11,16). The number of aromatic hydroxyl groups is 1. The molecule has 0 bridgehead atoms. The van der Waals surface area contributed by atoms with Crippen LogP contribution in [0.1, 0.15) is 6.92 Å². The summed E-state index contributed by atoms with van der Waals surface area (Å²) in [6, 6.07) is 3.69. The molecule has 0 saturated heterocycles. The Morgan fingerprint density at radius 2 is 2.31 bits per heavy atom. The number of rotatable bonds is 3. The van der Waals surface area contributed by atoms with Gasteiger partial charge in [-0.25, -0.2) is 0 Å². The number of hydrogen-bond donors (Lipinski definition) is 3. The molecule has 0 amide bonds. The zero-order valence-electron chi connectivity index (χ0n) is 8.56. The minimum Gasteiger partial charge on any atom is -0.506 e. The molecular weight excluding hydrogens is 230 g/mol. The topological polar surface area (TPSA) is 87.4 Å². The van der Waals surface area contributed by atoms with Crippen molar-refractivity contribution in [3.8, 4) is 5.75 Å². The number of non-ortho nitro benzene ring substituents is 1. The van der Waals surface area contributed by atoms with Crippen LogP contribution in [-0.2, 0) is 0 Å². The highest BCUT2D eigenvalue weighted by Gasteiger charge is 2.10. The average molecular weight is 241 g/mol. The van der Waals surface area contributed by atoms with Crippen LogP contribution in [0.5, 0.6) is 5.75 Å². The van der Waals surface area contributed by atoms with E-state index in [1.54, 1.807) is 0 Å². The molecule has 1 rings (SSSR count). The first kappa shape index (κ1) is 12.2. The van der Waals surface area contributed by atoms with Crippen LogP contribution in [0.25, 0.3) is 0 Å². The van der Waals surface area contributed by atoms with Gasteiger partial charge in [0.25, 0.3) is 5.69 Å². The molecule has 0 atom stereocenters. The van der Waals surface area contributed by atoms with E-state index in [1.807, 2.05) is 6.92 Å². The summed E-state index contributed by atoms with van der Waals surface area (Å²) < 4.78 is 0. The minimum absolute atomic E-state index is 0.0918. The molecule has 0 saturated carbocycles. The third-order valence-electron chi connectivity index (χ3n) is 1.78. The lowest BCUT2D eigenvalue weighted by atomic mass is 10.2. The predicted octanol–water partition coefficient (Wildman–Crippen LogP) is 1.61. The van der Waals surface area contributed by atoms with Gasteiger partial charge in [-0.1, -0.05) is 0 Å². The second-order valence-electron chi connectivity index (χ2n) is 2.94. The molecule has 3 N–H and O–H groups in total. The van der Waals surface area contributed by atoms with Crippen molar-refractivity contribution in [3.05, 3.63) is 28.3 Å². The van der Waals surface area contributed by atoms with Gasteiger partial charge in [0.15, 0.2) is 5.11 Å². The first-order chi connectivity index (χ1) is 7.54. The van der Waals surface area contributed by atoms with Crippen LogP contribution in [0, 0.1) is 10.1 Å². The number of thiocarbonyl (C=S) groups is 1. The third-order valence-corrected chi connectivity index (χ3v) is 2.02. The van der Waals surface area contributed by atoms with Gasteiger partial charge < -0.3 is 15.7 Å². The summed E-state index contributed by atoms with van der Waals surface area (Å²) in [5.41, 5.74) is 0.0970. The molecule has 0 aromatic heterocycles. The molecule has 7 heteroatoms. The fourth-order valence-electron chi connectivity index (χ4n) is 1.06. The van der Waals surface area contributed by atoms with E-state index in [2.05, 4.69) is 10.6 Å². The van der Waals surface area contributed by atoms with Crippen LogP contribution in [-0.4, -0.2) is 21.7 Å². The van der Waals surface area contributed by atoms with E-state index in [4.69, 9.17) is 12.2 Å². The molecule has 16 heavy (non-hydrogen) atoms. The first-order valence-corrected chi connectivity index (χ1v) is 4.97. The number of benzene rings is 1. The fourth-order valence-corrected chi connectivity index (χ4v) is 1.32. The number of phenols is 1. The van der Waals surface area contributed by atoms with Crippen molar-refractivity contribution in [2.75, 3.05) is 11.9 Å². The lowest BCUT2D eigenvalue weighted by Crippen LogP contribution is -2.27. The van der Waals surface area contributed by atoms with E-state index in [9.17, 15) is 15.2 Å². The molecule has 86 valence electrons. The molecule has 1 aromatic carbocycles. The van der Waals surface area contributed by atoms with Crippen molar-refractivity contribution in [2.24, 2.45) is 0 Å². The fraction of sp³-hybridized carbons (Fsp3) is 0.222. The minimum atomic E-state index is -0.541. The van der Waals surface area contributed by atoms with Crippen molar-refractivity contribution in [1.29, 1.82) is 0 Å². The molecule has 0 aliphatic heterocycles. The number of nitrogens with one attached hydrogen (secondary N) is 2. The number of nitro benzene ring substituents is 1. The Morgan fingerprint density at radius 1 is 1.62 bits per heavy atom. The summed E-state index contributed by atoms with van der Waals surface area (Å²) in [6.07, 6.45) is 0. The van der Waals surface area contributed by atoms with E-state index in [-0.39, 0.29) is 17.1 Å². The van der Waals surface area contributed by atoms with Crippen molar-refractivity contribution in [3.63, 3.8) is 0 Å². The van der Waals surface area contributed by atoms with E-state index < -0.39 is 4.92 Å². The maximum Gasteiger partial charge on any atom is 0.271 e. The Bertz CT molecular complexity index is 422. The van der Waals surface area contributed by atoms with Gasteiger partial charge in [-0.15, -0.1) is 0 Å². The molecule has 0 fully saturated rings. The molecule has 0 unspecified atom stereocenters. The van der Waals surface area contributed by atoms with Crippen LogP contribution in [0.2, 0.25) is 0 Å². The Balaban J connectivity index is 2.90. The maximum absolute atomic E-state index is 10.5. The first-order valence-electron chi connectivity index (χ1n) is 4.57. The van der Waals surface area contributed by atoms with E-state index in [1.165, 1.54) is 18.2 Å². The van der Waals surface area contributed by atoms with Crippen LogP contribution in [0.15, 0.2) is 18.2 Å². The quantitative estimate of drug-likeness (QED) is 0.322. The van der Waals surface area contributed by atoms with E-state index >= 15 is 0 Å². The predicted molar refractivity (Wildman–Crippen MR) is 64.7 cm³/mol. The average Bonchev–Trinajstić information content (AvgIpc) is 2.21. The second kappa shape index (κ2) is 5.26. The highest BCUT2D eigenvalue weighted by Crippen LogP contribution is 2.27. The van der Waals surface area contributed by atoms with Gasteiger partial charge >= 0.3 is 0 Å². The monoisotopic (exact) mass is 241 g/mol. The zero-order chi connectivity index (χ0) is 12.1. The Labute approximate surface area is 97.4 Å². The van der Waals surface area contributed by atoms with Crippen molar-refractivity contribution >= 4 is 28.7 Å². The zero-order valence-corrected chi connectivity index (χ0v) is 9.37. The highest BCUT2D eigenvalue weighted by atomic mass is 32.1. The molecular formula is C9H11N3O3S. The largest absolute Gasteiger partial charge is 0.506 e. The van der Waals surface area contributed by atoms with Gasteiger partial charge in [0, 0.05) is 18.7 Å². The van der Waals surface area contributed by atoms with E-state index in [0.717, 1.165) is 0 Å². The van der Waals surface area contributed by atoms with Crippen LogP contribution >= 0.6 is 12.2 Å². The lowest BCUT2D eigenvalue weighted by molar-refractivity contribution is -0.384. The molecule has 1 aromatic rings. The summed E-state index contributed by atoms with van der Waals surface area (Å²) in [5.74, 6) is -0.0918. The number of nitro groups is 1. The number of anilines is 1. The summed E-state index contributed by atoms with van der Waals surface area (Å²) in [5, 5.41) is 25.8. The molecule has 0 radical (unpaired) electrons. The van der Waals surface area contributed by atoms with Gasteiger partial charge in [0.2, 0.25) is 0 Å². The van der Waals surface area contributed by atoms with Gasteiger partial charge in [0.05, 0.1) is 10.6 Å². The van der Waals surface area contributed by atoms with Crippen LogP contribution in [0.4, 0.5) is 11.4 Å². The van der Waals surface area contributed by atoms with Gasteiger partial charge in [0.1, 0.15) is 5.75 Å².